The van der Waals surface area contributed by atoms with Gasteiger partial charge in [-0.2, -0.15) is 0 Å². The number of rotatable bonds is 5. The van der Waals surface area contributed by atoms with Crippen LogP contribution < -0.4 is 5.32 Å². The fourth-order valence-corrected chi connectivity index (χ4v) is 4.20. The van der Waals surface area contributed by atoms with Crippen molar-refractivity contribution in [2.75, 3.05) is 11.9 Å². The van der Waals surface area contributed by atoms with Gasteiger partial charge in [0, 0.05) is 29.0 Å². The second-order valence-electron chi connectivity index (χ2n) is 5.02. The Morgan fingerprint density at radius 1 is 1.36 bits per heavy atom. The minimum atomic E-state index is -0.194. The Labute approximate surface area is 166 Å². The van der Waals surface area contributed by atoms with E-state index in [4.69, 9.17) is 12.2 Å². The van der Waals surface area contributed by atoms with Gasteiger partial charge in [-0.15, -0.1) is 11.3 Å². The van der Waals surface area contributed by atoms with Gasteiger partial charge in [-0.3, -0.25) is 14.5 Å². The standard InChI is InChI=1S/C16H12BrN3O2S3/c17-11-3-1-10(2-4-11)9-12-14(22)20(16(23)25-12)7-5-13(21)19-15-18-6-8-24-15/h1-4,6,8-9H,5,7H2,(H,18,19,21)/b12-9+. The molecule has 3 rings (SSSR count). The molecule has 5 nitrogen and oxygen atoms in total. The molecule has 1 aromatic heterocycles. The Morgan fingerprint density at radius 2 is 2.12 bits per heavy atom. The summed E-state index contributed by atoms with van der Waals surface area (Å²) < 4.78 is 1.44. The molecule has 0 unspecified atom stereocenters. The molecule has 2 aromatic rings. The SMILES string of the molecule is O=C(CCN1C(=O)/C(=C\c2ccc(Br)cc2)SC1=S)Nc1nccs1. The van der Waals surface area contributed by atoms with E-state index in [9.17, 15) is 9.59 Å². The normalized spacial score (nSPS) is 15.9. The molecule has 25 heavy (non-hydrogen) atoms. The topological polar surface area (TPSA) is 62.3 Å². The van der Waals surface area contributed by atoms with Crippen LogP contribution in [0.2, 0.25) is 0 Å². The Balaban J connectivity index is 1.61. The van der Waals surface area contributed by atoms with Crippen molar-refractivity contribution in [3.63, 3.8) is 0 Å². The van der Waals surface area contributed by atoms with Crippen molar-refractivity contribution < 1.29 is 9.59 Å². The van der Waals surface area contributed by atoms with Gasteiger partial charge in [0.2, 0.25) is 5.91 Å². The van der Waals surface area contributed by atoms with Gasteiger partial charge in [-0.05, 0) is 23.8 Å². The van der Waals surface area contributed by atoms with Crippen molar-refractivity contribution in [3.05, 3.63) is 50.8 Å². The predicted molar refractivity (Wildman–Crippen MR) is 109 cm³/mol. The third-order valence-corrected chi connectivity index (χ3v) is 5.88. The van der Waals surface area contributed by atoms with E-state index in [0.717, 1.165) is 10.0 Å². The number of thiocarbonyl (C=S) groups is 1. The van der Waals surface area contributed by atoms with Gasteiger partial charge in [0.15, 0.2) is 5.13 Å². The number of thiazole rings is 1. The molecule has 1 aromatic carbocycles. The molecule has 0 atom stereocenters. The van der Waals surface area contributed by atoms with Crippen LogP contribution in [0.4, 0.5) is 5.13 Å². The lowest BCUT2D eigenvalue weighted by atomic mass is 10.2. The van der Waals surface area contributed by atoms with E-state index in [1.165, 1.54) is 28.0 Å². The fraction of sp³-hybridized carbons (Fsp3) is 0.125. The monoisotopic (exact) mass is 453 g/mol. The highest BCUT2D eigenvalue weighted by atomic mass is 79.9. The first-order valence-corrected chi connectivity index (χ1v) is 10.1. The van der Waals surface area contributed by atoms with Crippen molar-refractivity contribution in [3.8, 4) is 0 Å². The molecule has 9 heteroatoms. The summed E-state index contributed by atoms with van der Waals surface area (Å²) in [6, 6.07) is 7.65. The smallest absolute Gasteiger partial charge is 0.266 e. The highest BCUT2D eigenvalue weighted by molar-refractivity contribution is 9.10. The summed E-state index contributed by atoms with van der Waals surface area (Å²) in [5.74, 6) is -0.360. The lowest BCUT2D eigenvalue weighted by Crippen LogP contribution is -2.31. The number of anilines is 1. The molecule has 1 aliphatic heterocycles. The summed E-state index contributed by atoms with van der Waals surface area (Å²) in [6.07, 6.45) is 3.59. The second-order valence-corrected chi connectivity index (χ2v) is 8.51. The third kappa shape index (κ3) is 4.75. The van der Waals surface area contributed by atoms with Gasteiger partial charge < -0.3 is 5.32 Å². The zero-order chi connectivity index (χ0) is 17.8. The van der Waals surface area contributed by atoms with Gasteiger partial charge >= 0.3 is 0 Å². The van der Waals surface area contributed by atoms with E-state index < -0.39 is 0 Å². The van der Waals surface area contributed by atoms with E-state index in [1.807, 2.05) is 24.3 Å². The Kier molecular flexibility index (Phi) is 6.00. The Morgan fingerprint density at radius 3 is 2.80 bits per heavy atom. The Hall–Kier alpha value is -1.55. The number of carbonyl (C=O) groups is 2. The number of thioether (sulfide) groups is 1. The number of hydrogen-bond acceptors (Lipinski definition) is 6. The molecular formula is C16H12BrN3O2S3. The van der Waals surface area contributed by atoms with Crippen LogP contribution in [0.25, 0.3) is 6.08 Å². The molecule has 2 amide bonds. The van der Waals surface area contributed by atoms with Crippen molar-refractivity contribution in [2.24, 2.45) is 0 Å². The van der Waals surface area contributed by atoms with Crippen LogP contribution in [0.3, 0.4) is 0 Å². The number of hydrogen-bond donors (Lipinski definition) is 1. The molecule has 0 spiro atoms. The van der Waals surface area contributed by atoms with E-state index in [-0.39, 0.29) is 24.8 Å². The molecule has 0 bridgehead atoms. The first-order valence-electron chi connectivity index (χ1n) is 7.23. The zero-order valence-corrected chi connectivity index (χ0v) is 16.8. The molecular weight excluding hydrogens is 442 g/mol. The number of carbonyl (C=O) groups excluding carboxylic acids is 2. The largest absolute Gasteiger partial charge is 0.302 e. The number of amides is 2. The van der Waals surface area contributed by atoms with E-state index in [2.05, 4.69) is 26.2 Å². The second kappa shape index (κ2) is 8.22. The number of nitrogens with one attached hydrogen (secondary N) is 1. The van der Waals surface area contributed by atoms with Crippen LogP contribution in [0.5, 0.6) is 0 Å². The molecule has 2 heterocycles. The maximum atomic E-state index is 12.5. The molecule has 1 N–H and O–H groups in total. The van der Waals surface area contributed by atoms with Crippen LogP contribution >= 0.6 is 51.2 Å². The average Bonchev–Trinajstić information content (AvgIpc) is 3.17. The van der Waals surface area contributed by atoms with Crippen LogP contribution in [0.15, 0.2) is 45.2 Å². The summed E-state index contributed by atoms with van der Waals surface area (Å²) in [5.41, 5.74) is 0.921. The third-order valence-electron chi connectivity index (χ3n) is 3.28. The fourth-order valence-electron chi connectivity index (χ4n) is 2.08. The highest BCUT2D eigenvalue weighted by Gasteiger charge is 2.32. The average molecular weight is 454 g/mol. The Bertz CT molecular complexity index is 835. The minimum absolute atomic E-state index is 0.164. The predicted octanol–water partition coefficient (Wildman–Crippen LogP) is 4.14. The maximum absolute atomic E-state index is 12.5. The zero-order valence-electron chi connectivity index (χ0n) is 12.8. The van der Waals surface area contributed by atoms with Crippen LogP contribution in [0, 0.1) is 0 Å². The lowest BCUT2D eigenvalue weighted by molar-refractivity contribution is -0.122. The molecule has 128 valence electrons. The molecule has 1 aliphatic rings. The number of halogens is 1. The molecule has 0 saturated carbocycles. The summed E-state index contributed by atoms with van der Waals surface area (Å²) in [4.78, 5) is 30.5. The van der Waals surface area contributed by atoms with Crippen molar-refractivity contribution in [1.82, 2.24) is 9.88 Å². The molecule has 0 aliphatic carbocycles. The van der Waals surface area contributed by atoms with Crippen LogP contribution in [-0.2, 0) is 9.59 Å². The van der Waals surface area contributed by atoms with E-state index in [1.54, 1.807) is 17.7 Å². The van der Waals surface area contributed by atoms with E-state index >= 15 is 0 Å². The number of aromatic nitrogens is 1. The first-order chi connectivity index (χ1) is 12.0. The summed E-state index contributed by atoms with van der Waals surface area (Å²) >= 11 is 11.3. The molecule has 1 fully saturated rings. The summed E-state index contributed by atoms with van der Waals surface area (Å²) in [5, 5.41) is 5.02. The number of nitrogens with zero attached hydrogens (tertiary/aromatic N) is 2. The summed E-state index contributed by atoms with van der Waals surface area (Å²) in [7, 11) is 0. The van der Waals surface area contributed by atoms with Gasteiger partial charge in [0.25, 0.3) is 5.91 Å². The van der Waals surface area contributed by atoms with Gasteiger partial charge in [0.1, 0.15) is 4.32 Å². The molecule has 0 radical (unpaired) electrons. The quantitative estimate of drug-likeness (QED) is 0.544. The minimum Gasteiger partial charge on any atom is -0.302 e. The van der Waals surface area contributed by atoms with Crippen molar-refractivity contribution in [2.45, 2.75) is 6.42 Å². The lowest BCUT2D eigenvalue weighted by Gasteiger charge is -2.13. The maximum Gasteiger partial charge on any atom is 0.266 e. The highest BCUT2D eigenvalue weighted by Crippen LogP contribution is 2.32. The summed E-state index contributed by atoms with van der Waals surface area (Å²) in [6.45, 7) is 0.250. The molecule has 1 saturated heterocycles. The van der Waals surface area contributed by atoms with Gasteiger partial charge in [-0.1, -0.05) is 52.0 Å². The van der Waals surface area contributed by atoms with Gasteiger partial charge in [-0.25, -0.2) is 4.98 Å². The van der Waals surface area contributed by atoms with Crippen molar-refractivity contribution in [1.29, 1.82) is 0 Å². The van der Waals surface area contributed by atoms with E-state index in [0.29, 0.717) is 14.4 Å². The number of benzene rings is 1. The van der Waals surface area contributed by atoms with Crippen molar-refractivity contribution >= 4 is 78.6 Å². The van der Waals surface area contributed by atoms with Crippen LogP contribution in [-0.4, -0.2) is 32.6 Å². The van der Waals surface area contributed by atoms with Gasteiger partial charge in [0.05, 0.1) is 4.91 Å². The first kappa shape index (κ1) is 18.2. The van der Waals surface area contributed by atoms with Crippen LogP contribution in [0.1, 0.15) is 12.0 Å².